The molecule has 1 aromatic rings. The van der Waals surface area contributed by atoms with E-state index in [1.54, 1.807) is 17.9 Å². The van der Waals surface area contributed by atoms with Crippen LogP contribution in [0.4, 0.5) is 0 Å². The van der Waals surface area contributed by atoms with Gasteiger partial charge in [0, 0.05) is 19.0 Å². The van der Waals surface area contributed by atoms with Gasteiger partial charge in [0.15, 0.2) is 0 Å². The summed E-state index contributed by atoms with van der Waals surface area (Å²) in [5, 5.41) is 13.5. The molecule has 110 valence electrons. The first kappa shape index (κ1) is 14.9. The van der Waals surface area contributed by atoms with Crippen molar-refractivity contribution < 1.29 is 14.7 Å². The predicted octanol–water partition coefficient (Wildman–Crippen LogP) is 1.36. The fourth-order valence-electron chi connectivity index (χ4n) is 2.45. The largest absolute Gasteiger partial charge is 0.480 e. The lowest BCUT2D eigenvalue weighted by atomic mass is 10.1. The molecule has 0 radical (unpaired) electrons. The van der Waals surface area contributed by atoms with Gasteiger partial charge in [-0.25, -0.2) is 4.79 Å². The Bertz CT molecular complexity index is 529. The second kappa shape index (κ2) is 5.87. The number of aliphatic carboxylic acids is 1. The minimum Gasteiger partial charge on any atom is -0.480 e. The quantitative estimate of drug-likeness (QED) is 0.908. The molecule has 0 saturated carbocycles. The first-order chi connectivity index (χ1) is 9.49. The fourth-order valence-corrected chi connectivity index (χ4v) is 3.80. The van der Waals surface area contributed by atoms with E-state index in [9.17, 15) is 14.7 Å². The number of hydrogen-bond acceptors (Lipinski definition) is 4. The third-order valence-corrected chi connectivity index (χ3v) is 4.89. The Morgan fingerprint density at radius 2 is 2.20 bits per heavy atom. The molecule has 0 aliphatic carbocycles. The summed E-state index contributed by atoms with van der Waals surface area (Å²) in [5.41, 5.74) is 1.23. The fraction of sp³-hybridized carbons (Fsp3) is 0.615. The molecule has 1 saturated heterocycles. The summed E-state index contributed by atoms with van der Waals surface area (Å²) in [6.45, 7) is 3.90. The molecular formula is C13H19N3O3S. The Labute approximate surface area is 122 Å². The van der Waals surface area contributed by atoms with Gasteiger partial charge in [-0.1, -0.05) is 13.8 Å². The Kier molecular flexibility index (Phi) is 4.37. The summed E-state index contributed by atoms with van der Waals surface area (Å²) >= 11 is 1.53. The van der Waals surface area contributed by atoms with Crippen molar-refractivity contribution in [1.29, 1.82) is 0 Å². The van der Waals surface area contributed by atoms with E-state index in [2.05, 4.69) is 5.10 Å². The molecule has 0 aromatic carbocycles. The molecule has 1 fully saturated rings. The maximum atomic E-state index is 12.7. The summed E-state index contributed by atoms with van der Waals surface area (Å²) in [7, 11) is 1.76. The van der Waals surface area contributed by atoms with Crippen LogP contribution in [0.25, 0.3) is 0 Å². The van der Waals surface area contributed by atoms with Crippen LogP contribution in [0.1, 0.15) is 36.3 Å². The van der Waals surface area contributed by atoms with Gasteiger partial charge < -0.3 is 10.0 Å². The van der Waals surface area contributed by atoms with Crippen molar-refractivity contribution in [2.75, 3.05) is 5.75 Å². The first-order valence-electron chi connectivity index (χ1n) is 6.69. The van der Waals surface area contributed by atoms with E-state index in [0.29, 0.717) is 23.4 Å². The molecule has 1 aromatic heterocycles. The van der Waals surface area contributed by atoms with Crippen LogP contribution in [0.2, 0.25) is 0 Å². The molecule has 6 nitrogen and oxygen atoms in total. The molecule has 2 atom stereocenters. The van der Waals surface area contributed by atoms with Crippen LogP contribution >= 0.6 is 11.8 Å². The highest BCUT2D eigenvalue weighted by Gasteiger charge is 2.41. The number of carboxylic acids is 1. The van der Waals surface area contributed by atoms with Crippen molar-refractivity contribution in [3.63, 3.8) is 0 Å². The van der Waals surface area contributed by atoms with Crippen molar-refractivity contribution in [3.05, 3.63) is 17.5 Å². The maximum absolute atomic E-state index is 12.7. The highest BCUT2D eigenvalue weighted by molar-refractivity contribution is 8.00. The van der Waals surface area contributed by atoms with E-state index in [1.165, 1.54) is 16.7 Å². The molecule has 2 unspecified atom stereocenters. The van der Waals surface area contributed by atoms with Gasteiger partial charge in [-0.15, -0.1) is 11.8 Å². The summed E-state index contributed by atoms with van der Waals surface area (Å²) in [6, 6.07) is -0.748. The SMILES string of the molecule is CCc1nn(C)cc1C(=O)N1C(CC)SCC1C(=O)O. The second-order valence-electron chi connectivity index (χ2n) is 4.78. The number of carbonyl (C=O) groups is 2. The number of aromatic nitrogens is 2. The molecule has 1 amide bonds. The number of aryl methyl sites for hydroxylation is 2. The Balaban J connectivity index is 2.35. The van der Waals surface area contributed by atoms with Crippen molar-refractivity contribution in [2.45, 2.75) is 38.1 Å². The van der Waals surface area contributed by atoms with E-state index < -0.39 is 12.0 Å². The Morgan fingerprint density at radius 1 is 1.50 bits per heavy atom. The van der Waals surface area contributed by atoms with E-state index in [1.807, 2.05) is 13.8 Å². The lowest BCUT2D eigenvalue weighted by molar-refractivity contribution is -0.141. The summed E-state index contributed by atoms with van der Waals surface area (Å²) in [5.74, 6) is -0.718. The van der Waals surface area contributed by atoms with Crippen molar-refractivity contribution in [1.82, 2.24) is 14.7 Å². The third kappa shape index (κ3) is 2.54. The van der Waals surface area contributed by atoms with Crippen LogP contribution in [0.15, 0.2) is 6.20 Å². The summed E-state index contributed by atoms with van der Waals surface area (Å²) < 4.78 is 1.60. The zero-order chi connectivity index (χ0) is 14.9. The summed E-state index contributed by atoms with van der Waals surface area (Å²) in [6.07, 6.45) is 3.06. The molecule has 1 aliphatic heterocycles. The molecule has 2 rings (SSSR count). The topological polar surface area (TPSA) is 75.4 Å². The van der Waals surface area contributed by atoms with Gasteiger partial charge in [-0.05, 0) is 12.8 Å². The highest BCUT2D eigenvalue weighted by Crippen LogP contribution is 2.33. The molecule has 0 bridgehead atoms. The average molecular weight is 297 g/mol. The highest BCUT2D eigenvalue weighted by atomic mass is 32.2. The van der Waals surface area contributed by atoms with Crippen LogP contribution in [0.3, 0.4) is 0 Å². The van der Waals surface area contributed by atoms with Crippen LogP contribution < -0.4 is 0 Å². The number of thioether (sulfide) groups is 1. The Morgan fingerprint density at radius 3 is 2.75 bits per heavy atom. The minimum atomic E-state index is -0.941. The Hall–Kier alpha value is -1.50. The lowest BCUT2D eigenvalue weighted by Crippen LogP contribution is -2.45. The number of carbonyl (C=O) groups excluding carboxylic acids is 1. The molecule has 0 spiro atoms. The zero-order valence-corrected chi connectivity index (χ0v) is 12.7. The van der Waals surface area contributed by atoms with E-state index in [-0.39, 0.29) is 11.3 Å². The second-order valence-corrected chi connectivity index (χ2v) is 5.99. The van der Waals surface area contributed by atoms with Crippen molar-refractivity contribution in [3.8, 4) is 0 Å². The smallest absolute Gasteiger partial charge is 0.327 e. The summed E-state index contributed by atoms with van der Waals surface area (Å²) in [4.78, 5) is 25.6. The van der Waals surface area contributed by atoms with E-state index in [4.69, 9.17) is 0 Å². The number of carboxylic acid groups (broad SMARTS) is 1. The van der Waals surface area contributed by atoms with Gasteiger partial charge in [0.1, 0.15) is 6.04 Å². The maximum Gasteiger partial charge on any atom is 0.327 e. The van der Waals surface area contributed by atoms with Gasteiger partial charge in [0.05, 0.1) is 16.6 Å². The lowest BCUT2D eigenvalue weighted by Gasteiger charge is -2.26. The molecule has 1 N–H and O–H groups in total. The number of rotatable bonds is 4. The third-order valence-electron chi connectivity index (χ3n) is 3.43. The molecule has 20 heavy (non-hydrogen) atoms. The minimum absolute atomic E-state index is 0.0755. The van der Waals surface area contributed by atoms with Gasteiger partial charge in [0.25, 0.3) is 5.91 Å². The average Bonchev–Trinajstić information content (AvgIpc) is 3.00. The van der Waals surface area contributed by atoms with Crippen molar-refractivity contribution >= 4 is 23.6 Å². The van der Waals surface area contributed by atoms with E-state index >= 15 is 0 Å². The van der Waals surface area contributed by atoms with Gasteiger partial charge in [0.2, 0.25) is 0 Å². The van der Waals surface area contributed by atoms with E-state index in [0.717, 1.165) is 6.42 Å². The van der Waals surface area contributed by atoms with Crippen molar-refractivity contribution in [2.24, 2.45) is 7.05 Å². The van der Waals surface area contributed by atoms with Crippen LogP contribution in [-0.2, 0) is 18.3 Å². The number of amides is 1. The normalized spacial score (nSPS) is 22.2. The number of nitrogens with zero attached hydrogens (tertiary/aromatic N) is 3. The molecular weight excluding hydrogens is 278 g/mol. The predicted molar refractivity (Wildman–Crippen MR) is 76.7 cm³/mol. The van der Waals surface area contributed by atoms with Crippen LogP contribution in [-0.4, -0.2) is 48.8 Å². The van der Waals surface area contributed by atoms with Gasteiger partial charge in [-0.3, -0.25) is 9.48 Å². The molecule has 7 heteroatoms. The first-order valence-corrected chi connectivity index (χ1v) is 7.74. The monoisotopic (exact) mass is 297 g/mol. The molecule has 2 heterocycles. The zero-order valence-electron chi connectivity index (χ0n) is 11.9. The van der Waals surface area contributed by atoms with Crippen LogP contribution in [0, 0.1) is 0 Å². The number of hydrogen-bond donors (Lipinski definition) is 1. The van der Waals surface area contributed by atoms with Gasteiger partial charge >= 0.3 is 5.97 Å². The van der Waals surface area contributed by atoms with Crippen LogP contribution in [0.5, 0.6) is 0 Å². The molecule has 1 aliphatic rings. The standard InChI is InChI=1S/C13H19N3O3S/c1-4-9-8(6-15(3)14-9)12(17)16-10(13(18)19)7-20-11(16)5-2/h6,10-11H,4-5,7H2,1-3H3,(H,18,19). The van der Waals surface area contributed by atoms with Gasteiger partial charge in [-0.2, -0.15) is 5.10 Å².